The van der Waals surface area contributed by atoms with Crippen LogP contribution in [0.2, 0.25) is 0 Å². The van der Waals surface area contributed by atoms with Gasteiger partial charge in [-0.25, -0.2) is 0 Å². The van der Waals surface area contributed by atoms with Crippen molar-refractivity contribution in [1.82, 2.24) is 0 Å². The number of nitrogens with zero attached hydrogens (tertiary/aromatic N) is 1. The summed E-state index contributed by atoms with van der Waals surface area (Å²) in [4.78, 5) is 13.4. The molecule has 0 bridgehead atoms. The molecular formula is C12H15NO2. The number of carbonyl (C=O) groups excluding carboxylic acids is 1. The molecule has 1 aliphatic rings. The van der Waals surface area contributed by atoms with Gasteiger partial charge in [-0.1, -0.05) is 19.1 Å². The molecule has 0 aromatic heterocycles. The smallest absolute Gasteiger partial charge is 0.253 e. The number of hydrogen-bond acceptors (Lipinski definition) is 2. The fourth-order valence-electron chi connectivity index (χ4n) is 1.74. The highest BCUT2D eigenvalue weighted by molar-refractivity contribution is 5.94. The zero-order valence-corrected chi connectivity index (χ0v) is 8.90. The van der Waals surface area contributed by atoms with Crippen LogP contribution in [0.15, 0.2) is 24.3 Å². The minimum atomic E-state index is 0.0505. The van der Waals surface area contributed by atoms with Gasteiger partial charge in [-0.05, 0) is 24.1 Å². The minimum Gasteiger partial charge on any atom is -0.370 e. The first-order valence-electron chi connectivity index (χ1n) is 5.28. The summed E-state index contributed by atoms with van der Waals surface area (Å²) in [6.45, 7) is 3.60. The number of morpholine rings is 1. The molecule has 0 N–H and O–H groups in total. The van der Waals surface area contributed by atoms with E-state index in [4.69, 9.17) is 4.74 Å². The fourth-order valence-corrected chi connectivity index (χ4v) is 1.74. The minimum absolute atomic E-state index is 0.0505. The number of anilines is 1. The van der Waals surface area contributed by atoms with Crippen molar-refractivity contribution in [2.75, 3.05) is 24.7 Å². The maximum atomic E-state index is 11.6. The largest absolute Gasteiger partial charge is 0.370 e. The summed E-state index contributed by atoms with van der Waals surface area (Å²) in [5, 5.41) is 0. The molecule has 0 atom stereocenters. The molecule has 1 aliphatic heterocycles. The van der Waals surface area contributed by atoms with E-state index < -0.39 is 0 Å². The zero-order valence-electron chi connectivity index (χ0n) is 8.90. The van der Waals surface area contributed by atoms with Gasteiger partial charge in [-0.3, -0.25) is 4.79 Å². The van der Waals surface area contributed by atoms with Crippen LogP contribution >= 0.6 is 0 Å². The highest BCUT2D eigenvalue weighted by atomic mass is 16.5. The van der Waals surface area contributed by atoms with Gasteiger partial charge in [0.2, 0.25) is 0 Å². The topological polar surface area (TPSA) is 29.5 Å². The SMILES string of the molecule is CCc1cccc(N2CCOCC2=O)c1. The molecule has 15 heavy (non-hydrogen) atoms. The zero-order chi connectivity index (χ0) is 10.7. The van der Waals surface area contributed by atoms with Crippen LogP contribution in [0.5, 0.6) is 0 Å². The van der Waals surface area contributed by atoms with Gasteiger partial charge < -0.3 is 9.64 Å². The molecule has 2 rings (SSSR count). The average molecular weight is 205 g/mol. The lowest BCUT2D eigenvalue weighted by molar-refractivity contribution is -0.125. The summed E-state index contributed by atoms with van der Waals surface area (Å²) in [5.41, 5.74) is 2.24. The Morgan fingerprint density at radius 2 is 2.33 bits per heavy atom. The normalized spacial score (nSPS) is 16.9. The Kier molecular flexibility index (Phi) is 3.02. The Labute approximate surface area is 89.7 Å². The monoisotopic (exact) mass is 205 g/mol. The van der Waals surface area contributed by atoms with Crippen LogP contribution in [0.25, 0.3) is 0 Å². The van der Waals surface area contributed by atoms with Crippen LogP contribution < -0.4 is 4.90 Å². The van der Waals surface area contributed by atoms with Crippen LogP contribution in [0.1, 0.15) is 12.5 Å². The molecule has 1 saturated heterocycles. The summed E-state index contributed by atoms with van der Waals surface area (Å²) < 4.78 is 5.10. The van der Waals surface area contributed by atoms with Crippen molar-refractivity contribution in [3.63, 3.8) is 0 Å². The highest BCUT2D eigenvalue weighted by Crippen LogP contribution is 2.18. The second kappa shape index (κ2) is 4.45. The highest BCUT2D eigenvalue weighted by Gasteiger charge is 2.19. The molecule has 1 heterocycles. The van der Waals surface area contributed by atoms with E-state index in [-0.39, 0.29) is 12.5 Å². The van der Waals surface area contributed by atoms with E-state index in [0.29, 0.717) is 13.2 Å². The Bertz CT molecular complexity index is 362. The van der Waals surface area contributed by atoms with Crippen molar-refractivity contribution < 1.29 is 9.53 Å². The van der Waals surface area contributed by atoms with Gasteiger partial charge in [0.25, 0.3) is 5.91 Å². The average Bonchev–Trinajstić information content (AvgIpc) is 2.30. The molecule has 0 saturated carbocycles. The van der Waals surface area contributed by atoms with E-state index in [2.05, 4.69) is 19.1 Å². The van der Waals surface area contributed by atoms with Gasteiger partial charge in [-0.15, -0.1) is 0 Å². The number of amides is 1. The first-order chi connectivity index (χ1) is 7.31. The maximum absolute atomic E-state index is 11.6. The lowest BCUT2D eigenvalue weighted by Crippen LogP contribution is -2.41. The van der Waals surface area contributed by atoms with Crippen molar-refractivity contribution >= 4 is 11.6 Å². The van der Waals surface area contributed by atoms with Crippen LogP contribution in [-0.2, 0) is 16.0 Å². The number of benzene rings is 1. The summed E-state index contributed by atoms with van der Waals surface area (Å²) in [6.07, 6.45) is 0.992. The van der Waals surface area contributed by atoms with Crippen LogP contribution in [0, 0.1) is 0 Å². The van der Waals surface area contributed by atoms with Crippen LogP contribution in [0.4, 0.5) is 5.69 Å². The third-order valence-electron chi connectivity index (χ3n) is 2.62. The van der Waals surface area contributed by atoms with Crippen molar-refractivity contribution in [2.45, 2.75) is 13.3 Å². The fraction of sp³-hybridized carbons (Fsp3) is 0.417. The van der Waals surface area contributed by atoms with Crippen molar-refractivity contribution in [3.8, 4) is 0 Å². The molecule has 1 fully saturated rings. The number of aryl methyl sites for hydroxylation is 1. The van der Waals surface area contributed by atoms with E-state index in [1.165, 1.54) is 5.56 Å². The van der Waals surface area contributed by atoms with Crippen LogP contribution in [-0.4, -0.2) is 25.7 Å². The molecule has 0 spiro atoms. The van der Waals surface area contributed by atoms with Gasteiger partial charge in [0.05, 0.1) is 6.61 Å². The Morgan fingerprint density at radius 1 is 1.47 bits per heavy atom. The van der Waals surface area contributed by atoms with E-state index >= 15 is 0 Å². The van der Waals surface area contributed by atoms with Gasteiger partial charge in [0.15, 0.2) is 0 Å². The van der Waals surface area contributed by atoms with Crippen molar-refractivity contribution in [2.24, 2.45) is 0 Å². The molecule has 0 unspecified atom stereocenters. The Morgan fingerprint density at radius 3 is 3.07 bits per heavy atom. The van der Waals surface area contributed by atoms with E-state index in [9.17, 15) is 4.79 Å². The number of carbonyl (C=O) groups is 1. The second-order valence-corrected chi connectivity index (χ2v) is 3.62. The van der Waals surface area contributed by atoms with E-state index in [1.807, 2.05) is 12.1 Å². The lowest BCUT2D eigenvalue weighted by atomic mass is 10.1. The van der Waals surface area contributed by atoms with Gasteiger partial charge in [0.1, 0.15) is 6.61 Å². The standard InChI is InChI=1S/C12H15NO2/c1-2-10-4-3-5-11(8-10)13-6-7-15-9-12(13)14/h3-5,8H,2,6-7,9H2,1H3. The van der Waals surface area contributed by atoms with Crippen molar-refractivity contribution in [1.29, 1.82) is 0 Å². The molecule has 0 aliphatic carbocycles. The molecule has 3 heteroatoms. The predicted octanol–water partition coefficient (Wildman–Crippen LogP) is 1.61. The van der Waals surface area contributed by atoms with E-state index in [1.54, 1.807) is 4.90 Å². The molecule has 0 radical (unpaired) electrons. The number of ether oxygens (including phenoxy) is 1. The maximum Gasteiger partial charge on any atom is 0.253 e. The molecule has 1 aromatic rings. The summed E-state index contributed by atoms with van der Waals surface area (Å²) in [6, 6.07) is 8.12. The molecule has 1 aromatic carbocycles. The first kappa shape index (κ1) is 10.2. The Balaban J connectivity index is 2.23. The quantitative estimate of drug-likeness (QED) is 0.734. The lowest BCUT2D eigenvalue weighted by Gasteiger charge is -2.27. The van der Waals surface area contributed by atoms with Gasteiger partial charge in [0, 0.05) is 12.2 Å². The van der Waals surface area contributed by atoms with Crippen LogP contribution in [0.3, 0.4) is 0 Å². The predicted molar refractivity (Wildman–Crippen MR) is 59.0 cm³/mol. The second-order valence-electron chi connectivity index (χ2n) is 3.62. The van der Waals surface area contributed by atoms with Gasteiger partial charge >= 0.3 is 0 Å². The first-order valence-corrected chi connectivity index (χ1v) is 5.28. The molecular weight excluding hydrogens is 190 g/mol. The summed E-state index contributed by atoms with van der Waals surface area (Å²) >= 11 is 0. The molecule has 1 amide bonds. The van der Waals surface area contributed by atoms with E-state index in [0.717, 1.165) is 12.1 Å². The molecule has 80 valence electrons. The third kappa shape index (κ3) is 2.18. The summed E-state index contributed by atoms with van der Waals surface area (Å²) in [5.74, 6) is 0.0505. The van der Waals surface area contributed by atoms with Gasteiger partial charge in [-0.2, -0.15) is 0 Å². The number of rotatable bonds is 2. The molecule has 3 nitrogen and oxygen atoms in total. The van der Waals surface area contributed by atoms with Crippen molar-refractivity contribution in [3.05, 3.63) is 29.8 Å². The third-order valence-corrected chi connectivity index (χ3v) is 2.62. The Hall–Kier alpha value is -1.35. The number of hydrogen-bond donors (Lipinski definition) is 0. The summed E-state index contributed by atoms with van der Waals surface area (Å²) in [7, 11) is 0.